The third kappa shape index (κ3) is 6.75. The molecule has 0 fully saturated rings. The second kappa shape index (κ2) is 10.7. The van der Waals surface area contributed by atoms with Gasteiger partial charge < -0.3 is 19.5 Å². The zero-order chi connectivity index (χ0) is 20.4. The van der Waals surface area contributed by atoms with Crippen LogP contribution in [0.4, 0.5) is 4.39 Å². The van der Waals surface area contributed by atoms with Crippen LogP contribution in [0.2, 0.25) is 0 Å². The molecule has 0 heterocycles. The van der Waals surface area contributed by atoms with Crippen molar-refractivity contribution in [2.45, 2.75) is 6.42 Å². The first-order chi connectivity index (χ1) is 13.5. The Balaban J connectivity index is 1.76. The van der Waals surface area contributed by atoms with Crippen molar-refractivity contribution in [2.24, 2.45) is 0 Å². The monoisotopic (exact) mass is 387 g/mol. The van der Waals surface area contributed by atoms with Crippen molar-refractivity contribution in [3.8, 4) is 11.5 Å². The minimum atomic E-state index is -0.661. The molecule has 0 bridgehead atoms. The first-order valence-corrected chi connectivity index (χ1v) is 8.60. The van der Waals surface area contributed by atoms with E-state index in [2.05, 4.69) is 5.32 Å². The van der Waals surface area contributed by atoms with Gasteiger partial charge in [0.05, 0.1) is 14.2 Å². The van der Waals surface area contributed by atoms with Gasteiger partial charge in [-0.1, -0.05) is 18.2 Å². The summed E-state index contributed by atoms with van der Waals surface area (Å²) in [5.74, 6) is -0.266. The summed E-state index contributed by atoms with van der Waals surface area (Å²) in [5, 5.41) is 2.58. The number of rotatable bonds is 9. The third-order valence-corrected chi connectivity index (χ3v) is 3.81. The van der Waals surface area contributed by atoms with Crippen LogP contribution in [-0.2, 0) is 20.7 Å². The van der Waals surface area contributed by atoms with Crippen molar-refractivity contribution in [3.63, 3.8) is 0 Å². The van der Waals surface area contributed by atoms with E-state index < -0.39 is 18.5 Å². The zero-order valence-corrected chi connectivity index (χ0v) is 15.7. The maximum atomic E-state index is 13.5. The Kier molecular flexibility index (Phi) is 8.02. The van der Waals surface area contributed by atoms with Crippen LogP contribution < -0.4 is 14.8 Å². The van der Waals surface area contributed by atoms with Gasteiger partial charge in [-0.15, -0.1) is 0 Å². The van der Waals surface area contributed by atoms with E-state index in [4.69, 9.17) is 14.2 Å². The van der Waals surface area contributed by atoms with Gasteiger partial charge in [-0.25, -0.2) is 9.18 Å². The molecule has 28 heavy (non-hydrogen) atoms. The van der Waals surface area contributed by atoms with Crippen molar-refractivity contribution < 1.29 is 28.2 Å². The number of ether oxygens (including phenoxy) is 3. The van der Waals surface area contributed by atoms with Crippen molar-refractivity contribution in [1.82, 2.24) is 5.32 Å². The molecule has 0 aliphatic carbocycles. The van der Waals surface area contributed by atoms with Crippen molar-refractivity contribution in [1.29, 1.82) is 0 Å². The van der Waals surface area contributed by atoms with Crippen LogP contribution in [-0.4, -0.2) is 39.2 Å². The number of amides is 1. The van der Waals surface area contributed by atoms with E-state index in [-0.39, 0.29) is 12.4 Å². The first-order valence-electron chi connectivity index (χ1n) is 8.60. The Labute approximate surface area is 162 Å². The quantitative estimate of drug-likeness (QED) is 0.529. The van der Waals surface area contributed by atoms with Gasteiger partial charge in [0.1, 0.15) is 17.3 Å². The molecule has 0 saturated carbocycles. The minimum Gasteiger partial charge on any atom is -0.497 e. The van der Waals surface area contributed by atoms with Crippen LogP contribution in [0.5, 0.6) is 11.5 Å². The molecule has 0 radical (unpaired) electrons. The minimum absolute atomic E-state index is 0.247. The standard InChI is InChI=1S/C21H22FNO5/c1-26-17-11-15(12-18(13-17)27-2)7-8-21(25)28-14-20(24)23-10-9-16-5-3-4-6-19(16)22/h3-8,11-13H,9-10,14H2,1-2H3,(H,23,24)/b8-7+. The molecular weight excluding hydrogens is 365 g/mol. The van der Waals surface area contributed by atoms with E-state index in [1.807, 2.05) is 0 Å². The fourth-order valence-corrected chi connectivity index (χ4v) is 2.36. The number of methoxy groups -OCH3 is 2. The second-order valence-corrected chi connectivity index (χ2v) is 5.78. The fourth-order valence-electron chi connectivity index (χ4n) is 2.36. The molecule has 0 aliphatic rings. The Morgan fingerprint density at radius 1 is 1.07 bits per heavy atom. The number of hydrogen-bond acceptors (Lipinski definition) is 5. The molecule has 0 aromatic heterocycles. The average Bonchev–Trinajstić information content (AvgIpc) is 2.71. The van der Waals surface area contributed by atoms with Gasteiger partial charge >= 0.3 is 5.97 Å². The van der Waals surface area contributed by atoms with Gasteiger partial charge in [-0.3, -0.25) is 4.79 Å². The topological polar surface area (TPSA) is 73.9 Å². The molecule has 0 saturated heterocycles. The lowest BCUT2D eigenvalue weighted by atomic mass is 10.1. The van der Waals surface area contributed by atoms with Gasteiger partial charge in [-0.2, -0.15) is 0 Å². The SMILES string of the molecule is COc1cc(/C=C/C(=O)OCC(=O)NCCc2ccccc2F)cc(OC)c1. The summed E-state index contributed by atoms with van der Waals surface area (Å²) in [5.41, 5.74) is 1.19. The molecule has 6 nitrogen and oxygen atoms in total. The van der Waals surface area contributed by atoms with E-state index in [0.29, 0.717) is 29.0 Å². The lowest BCUT2D eigenvalue weighted by molar-refractivity contribution is -0.143. The molecule has 2 aromatic carbocycles. The summed E-state index contributed by atoms with van der Waals surface area (Å²) in [6.45, 7) is -0.168. The van der Waals surface area contributed by atoms with Crippen molar-refractivity contribution in [3.05, 3.63) is 65.5 Å². The summed E-state index contributed by atoms with van der Waals surface area (Å²) in [4.78, 5) is 23.5. The van der Waals surface area contributed by atoms with Gasteiger partial charge in [0.25, 0.3) is 5.91 Å². The smallest absolute Gasteiger partial charge is 0.331 e. The number of esters is 1. The van der Waals surface area contributed by atoms with Crippen LogP contribution >= 0.6 is 0 Å². The van der Waals surface area contributed by atoms with E-state index in [1.165, 1.54) is 32.4 Å². The molecule has 0 spiro atoms. The average molecular weight is 387 g/mol. The van der Waals surface area contributed by atoms with Crippen LogP contribution in [0.3, 0.4) is 0 Å². The number of nitrogens with one attached hydrogen (secondary N) is 1. The fraction of sp³-hybridized carbons (Fsp3) is 0.238. The Hall–Kier alpha value is -3.35. The van der Waals surface area contributed by atoms with Gasteiger partial charge in [0.15, 0.2) is 6.61 Å². The Morgan fingerprint density at radius 3 is 2.39 bits per heavy atom. The third-order valence-electron chi connectivity index (χ3n) is 3.81. The molecule has 148 valence electrons. The maximum absolute atomic E-state index is 13.5. The number of hydrogen-bond donors (Lipinski definition) is 1. The maximum Gasteiger partial charge on any atom is 0.331 e. The zero-order valence-electron chi connectivity index (χ0n) is 15.7. The van der Waals surface area contributed by atoms with Gasteiger partial charge in [-0.05, 0) is 41.8 Å². The lowest BCUT2D eigenvalue weighted by Crippen LogP contribution is -2.30. The number of halogens is 1. The van der Waals surface area contributed by atoms with Crippen molar-refractivity contribution >= 4 is 18.0 Å². The van der Waals surface area contributed by atoms with Gasteiger partial charge in [0.2, 0.25) is 0 Å². The highest BCUT2D eigenvalue weighted by atomic mass is 19.1. The Bertz CT molecular complexity index is 828. The number of benzene rings is 2. The highest BCUT2D eigenvalue weighted by Gasteiger charge is 2.06. The van der Waals surface area contributed by atoms with E-state index in [9.17, 15) is 14.0 Å². The summed E-state index contributed by atoms with van der Waals surface area (Å²) < 4.78 is 28.7. The van der Waals surface area contributed by atoms with Crippen LogP contribution in [0.25, 0.3) is 6.08 Å². The van der Waals surface area contributed by atoms with Crippen LogP contribution in [0.15, 0.2) is 48.5 Å². The first kappa shape index (κ1) is 21.0. The highest BCUT2D eigenvalue weighted by molar-refractivity contribution is 5.89. The molecule has 2 rings (SSSR count). The van der Waals surface area contributed by atoms with Crippen LogP contribution in [0, 0.1) is 5.82 Å². The molecule has 2 aromatic rings. The molecule has 0 aliphatic heterocycles. The van der Waals surface area contributed by atoms with Gasteiger partial charge in [0, 0.05) is 18.7 Å². The van der Waals surface area contributed by atoms with Crippen LogP contribution in [0.1, 0.15) is 11.1 Å². The van der Waals surface area contributed by atoms with Crippen molar-refractivity contribution in [2.75, 3.05) is 27.4 Å². The predicted octanol–water partition coefficient (Wildman–Crippen LogP) is 2.76. The van der Waals surface area contributed by atoms with E-state index in [1.54, 1.807) is 36.4 Å². The summed E-state index contributed by atoms with van der Waals surface area (Å²) in [6, 6.07) is 11.5. The molecular formula is C21H22FNO5. The molecule has 1 amide bonds. The molecule has 0 unspecified atom stereocenters. The molecule has 0 atom stereocenters. The largest absolute Gasteiger partial charge is 0.497 e. The normalized spacial score (nSPS) is 10.5. The summed E-state index contributed by atoms with van der Waals surface area (Å²) in [6.07, 6.45) is 3.09. The molecule has 7 heteroatoms. The predicted molar refractivity (Wildman–Crippen MR) is 103 cm³/mol. The highest BCUT2D eigenvalue weighted by Crippen LogP contribution is 2.23. The number of carbonyl (C=O) groups excluding carboxylic acids is 2. The summed E-state index contributed by atoms with van der Waals surface area (Å²) in [7, 11) is 3.06. The summed E-state index contributed by atoms with van der Waals surface area (Å²) >= 11 is 0. The second-order valence-electron chi connectivity index (χ2n) is 5.78. The Morgan fingerprint density at radius 2 is 1.75 bits per heavy atom. The number of carbonyl (C=O) groups is 2. The lowest BCUT2D eigenvalue weighted by Gasteiger charge is -2.07. The molecule has 1 N–H and O–H groups in total. The van der Waals surface area contributed by atoms with E-state index in [0.717, 1.165) is 0 Å². The van der Waals surface area contributed by atoms with E-state index >= 15 is 0 Å².